The zero-order valence-corrected chi connectivity index (χ0v) is 9.53. The highest BCUT2D eigenvalue weighted by atomic mass is 79.9. The minimum absolute atomic E-state index is 0.228. The summed E-state index contributed by atoms with van der Waals surface area (Å²) < 4.78 is 0.831. The monoisotopic (exact) mass is 270 g/mol. The van der Waals surface area contributed by atoms with E-state index in [4.69, 9.17) is 11.5 Å². The molecule has 2 amide bonds. The third-order valence-electron chi connectivity index (χ3n) is 2.07. The maximum absolute atomic E-state index is 11.0. The summed E-state index contributed by atoms with van der Waals surface area (Å²) >= 11 is 3.32. The molecule has 0 bridgehead atoms. The van der Waals surface area contributed by atoms with E-state index in [1.54, 1.807) is 0 Å². The molecule has 1 rings (SSSR count). The topological polar surface area (TPSA) is 86.2 Å². The van der Waals surface area contributed by atoms with E-state index in [-0.39, 0.29) is 6.42 Å². The standard InChI is InChI=1S/C10H11BrN2O2/c11-8-4-2-1-3-6(8)5-7(9(12)14)10(13)15/h1-4,7H,5H2,(H2,12,14)(H2,13,15). The average molecular weight is 271 g/mol. The summed E-state index contributed by atoms with van der Waals surface area (Å²) in [6.07, 6.45) is 0.228. The van der Waals surface area contributed by atoms with Crippen LogP contribution in [0, 0.1) is 5.92 Å². The normalized spacial score (nSPS) is 10.3. The summed E-state index contributed by atoms with van der Waals surface area (Å²) in [4.78, 5) is 21.9. The molecular formula is C10H11BrN2O2. The van der Waals surface area contributed by atoms with Gasteiger partial charge in [0.2, 0.25) is 11.8 Å². The molecule has 1 aromatic carbocycles. The van der Waals surface area contributed by atoms with E-state index in [0.717, 1.165) is 10.0 Å². The highest BCUT2D eigenvalue weighted by Gasteiger charge is 2.22. The van der Waals surface area contributed by atoms with E-state index in [0.29, 0.717) is 0 Å². The zero-order chi connectivity index (χ0) is 11.4. The van der Waals surface area contributed by atoms with Crippen molar-refractivity contribution < 1.29 is 9.59 Å². The third-order valence-corrected chi connectivity index (χ3v) is 2.84. The van der Waals surface area contributed by atoms with Crippen LogP contribution >= 0.6 is 15.9 Å². The van der Waals surface area contributed by atoms with Crippen LogP contribution < -0.4 is 11.5 Å². The van der Waals surface area contributed by atoms with Crippen molar-refractivity contribution >= 4 is 27.7 Å². The number of benzene rings is 1. The van der Waals surface area contributed by atoms with Crippen molar-refractivity contribution in [3.05, 3.63) is 34.3 Å². The van der Waals surface area contributed by atoms with Gasteiger partial charge in [0.05, 0.1) is 0 Å². The van der Waals surface area contributed by atoms with Crippen molar-refractivity contribution in [3.8, 4) is 0 Å². The Morgan fingerprint density at radius 2 is 1.73 bits per heavy atom. The van der Waals surface area contributed by atoms with Gasteiger partial charge in [-0.05, 0) is 18.1 Å². The molecular weight excluding hydrogens is 260 g/mol. The fourth-order valence-corrected chi connectivity index (χ4v) is 1.67. The molecule has 0 heterocycles. The van der Waals surface area contributed by atoms with Crippen LogP contribution in [0.25, 0.3) is 0 Å². The maximum Gasteiger partial charge on any atom is 0.230 e. The van der Waals surface area contributed by atoms with E-state index >= 15 is 0 Å². The smallest absolute Gasteiger partial charge is 0.230 e. The Balaban J connectivity index is 2.88. The minimum Gasteiger partial charge on any atom is -0.369 e. The summed E-state index contributed by atoms with van der Waals surface area (Å²) in [7, 11) is 0. The van der Waals surface area contributed by atoms with E-state index in [1.807, 2.05) is 24.3 Å². The average Bonchev–Trinajstić information content (AvgIpc) is 2.15. The van der Waals surface area contributed by atoms with Gasteiger partial charge in [0.1, 0.15) is 5.92 Å². The van der Waals surface area contributed by atoms with Crippen LogP contribution in [-0.4, -0.2) is 11.8 Å². The van der Waals surface area contributed by atoms with Crippen molar-refractivity contribution in [2.45, 2.75) is 6.42 Å². The van der Waals surface area contributed by atoms with Crippen molar-refractivity contribution in [2.24, 2.45) is 17.4 Å². The predicted octanol–water partition coefficient (Wildman–Crippen LogP) is 0.578. The molecule has 0 saturated heterocycles. The number of nitrogens with two attached hydrogens (primary N) is 2. The second-order valence-corrected chi connectivity index (χ2v) is 4.01. The van der Waals surface area contributed by atoms with Gasteiger partial charge in [-0.1, -0.05) is 34.1 Å². The van der Waals surface area contributed by atoms with Crippen molar-refractivity contribution in [2.75, 3.05) is 0 Å². The molecule has 4 N–H and O–H groups in total. The predicted molar refractivity (Wildman–Crippen MR) is 59.7 cm³/mol. The summed E-state index contributed by atoms with van der Waals surface area (Å²) in [5.74, 6) is -2.35. The van der Waals surface area contributed by atoms with Gasteiger partial charge >= 0.3 is 0 Å². The quantitative estimate of drug-likeness (QED) is 0.785. The van der Waals surface area contributed by atoms with Gasteiger partial charge in [-0.25, -0.2) is 0 Å². The van der Waals surface area contributed by atoms with Crippen LogP contribution in [0.5, 0.6) is 0 Å². The van der Waals surface area contributed by atoms with E-state index < -0.39 is 17.7 Å². The number of amides is 2. The number of carbonyl (C=O) groups excluding carboxylic acids is 2. The summed E-state index contributed by atoms with van der Waals surface area (Å²) in [6, 6.07) is 7.30. The van der Waals surface area contributed by atoms with Gasteiger partial charge in [-0.2, -0.15) is 0 Å². The van der Waals surface area contributed by atoms with Crippen molar-refractivity contribution in [1.82, 2.24) is 0 Å². The Hall–Kier alpha value is -1.36. The summed E-state index contributed by atoms with van der Waals surface area (Å²) in [5.41, 5.74) is 11.0. The second kappa shape index (κ2) is 4.93. The van der Waals surface area contributed by atoms with Crippen LogP contribution in [0.4, 0.5) is 0 Å². The van der Waals surface area contributed by atoms with Gasteiger partial charge in [-0.15, -0.1) is 0 Å². The van der Waals surface area contributed by atoms with Gasteiger partial charge in [-0.3, -0.25) is 9.59 Å². The fraction of sp³-hybridized carbons (Fsp3) is 0.200. The van der Waals surface area contributed by atoms with Crippen LogP contribution in [0.2, 0.25) is 0 Å². The summed E-state index contributed by atoms with van der Waals surface area (Å²) in [6.45, 7) is 0. The largest absolute Gasteiger partial charge is 0.369 e. The first-order chi connectivity index (χ1) is 7.02. The number of hydrogen-bond acceptors (Lipinski definition) is 2. The molecule has 80 valence electrons. The molecule has 0 aliphatic carbocycles. The molecule has 0 radical (unpaired) electrons. The lowest BCUT2D eigenvalue weighted by atomic mass is 9.98. The van der Waals surface area contributed by atoms with Crippen molar-refractivity contribution in [1.29, 1.82) is 0 Å². The molecule has 0 spiro atoms. The molecule has 0 unspecified atom stereocenters. The first-order valence-corrected chi connectivity index (χ1v) is 5.13. The zero-order valence-electron chi connectivity index (χ0n) is 7.94. The van der Waals surface area contributed by atoms with E-state index in [2.05, 4.69) is 15.9 Å². The van der Waals surface area contributed by atoms with Gasteiger partial charge in [0.25, 0.3) is 0 Å². The molecule has 15 heavy (non-hydrogen) atoms. The number of carbonyl (C=O) groups is 2. The lowest BCUT2D eigenvalue weighted by molar-refractivity contribution is -0.131. The Labute approximate surface area is 95.8 Å². The molecule has 0 fully saturated rings. The Bertz CT molecular complexity index is 379. The number of halogens is 1. The number of rotatable bonds is 4. The summed E-state index contributed by atoms with van der Waals surface area (Å²) in [5, 5.41) is 0. The molecule has 0 aliphatic rings. The third kappa shape index (κ3) is 3.06. The SMILES string of the molecule is NC(=O)C(Cc1ccccc1Br)C(N)=O. The Morgan fingerprint density at radius 1 is 1.20 bits per heavy atom. The molecule has 5 heteroatoms. The van der Waals surface area contributed by atoms with E-state index in [1.165, 1.54) is 0 Å². The van der Waals surface area contributed by atoms with E-state index in [9.17, 15) is 9.59 Å². The van der Waals surface area contributed by atoms with Gasteiger partial charge < -0.3 is 11.5 Å². The fourth-order valence-electron chi connectivity index (χ4n) is 1.23. The molecule has 0 saturated carbocycles. The van der Waals surface area contributed by atoms with Crippen LogP contribution in [0.3, 0.4) is 0 Å². The van der Waals surface area contributed by atoms with Crippen LogP contribution in [-0.2, 0) is 16.0 Å². The van der Waals surface area contributed by atoms with Gasteiger partial charge in [0, 0.05) is 4.47 Å². The Kier molecular flexibility index (Phi) is 3.85. The number of primary amides is 2. The van der Waals surface area contributed by atoms with Crippen LogP contribution in [0.1, 0.15) is 5.56 Å². The Morgan fingerprint density at radius 3 is 2.20 bits per heavy atom. The minimum atomic E-state index is -0.955. The first-order valence-electron chi connectivity index (χ1n) is 4.34. The molecule has 1 aromatic rings. The second-order valence-electron chi connectivity index (χ2n) is 3.15. The lowest BCUT2D eigenvalue weighted by Crippen LogP contribution is -2.36. The number of hydrogen-bond donors (Lipinski definition) is 2. The molecule has 0 aromatic heterocycles. The molecule has 0 atom stereocenters. The maximum atomic E-state index is 11.0. The lowest BCUT2D eigenvalue weighted by Gasteiger charge is -2.10. The highest BCUT2D eigenvalue weighted by Crippen LogP contribution is 2.19. The van der Waals surface area contributed by atoms with Crippen molar-refractivity contribution in [3.63, 3.8) is 0 Å². The highest BCUT2D eigenvalue weighted by molar-refractivity contribution is 9.10. The molecule has 4 nitrogen and oxygen atoms in total. The first kappa shape index (κ1) is 11.7. The molecule has 0 aliphatic heterocycles. The van der Waals surface area contributed by atoms with Crippen LogP contribution in [0.15, 0.2) is 28.7 Å². The van der Waals surface area contributed by atoms with Gasteiger partial charge in [0.15, 0.2) is 0 Å².